The van der Waals surface area contributed by atoms with Crippen LogP contribution < -0.4 is 5.73 Å². The largest absolute Gasteiger partial charge is 0.330 e. The topological polar surface area (TPSA) is 26.0 Å². The summed E-state index contributed by atoms with van der Waals surface area (Å²) in [6.45, 7) is 0.0517. The van der Waals surface area contributed by atoms with Crippen LogP contribution in [0.25, 0.3) is 0 Å². The van der Waals surface area contributed by atoms with Gasteiger partial charge in [0.05, 0.1) is 5.56 Å². The van der Waals surface area contributed by atoms with Crippen molar-refractivity contribution in [2.45, 2.75) is 12.6 Å². The Morgan fingerprint density at radius 1 is 1.29 bits per heavy atom. The summed E-state index contributed by atoms with van der Waals surface area (Å²) in [5.74, 6) is -1.78. The summed E-state index contributed by atoms with van der Waals surface area (Å²) >= 11 is 2.91. The summed E-state index contributed by atoms with van der Waals surface area (Å²) in [6, 6.07) is 2.06. The standard InChI is InChI=1S/C9H9BrF3N/c10-5-3-7(12)9(8(13)4-5)6(11)1-2-14/h3-4,6H,1-2,14H2. The van der Waals surface area contributed by atoms with Crippen molar-refractivity contribution >= 4 is 15.9 Å². The van der Waals surface area contributed by atoms with Gasteiger partial charge in [-0.2, -0.15) is 0 Å². The van der Waals surface area contributed by atoms with Crippen molar-refractivity contribution in [3.05, 3.63) is 33.8 Å². The lowest BCUT2D eigenvalue weighted by Gasteiger charge is -2.09. The van der Waals surface area contributed by atoms with E-state index in [2.05, 4.69) is 15.9 Å². The molecule has 1 aromatic carbocycles. The second kappa shape index (κ2) is 4.79. The molecule has 0 bridgehead atoms. The van der Waals surface area contributed by atoms with Crippen LogP contribution in [0.1, 0.15) is 18.2 Å². The Morgan fingerprint density at radius 3 is 2.21 bits per heavy atom. The summed E-state index contributed by atoms with van der Waals surface area (Å²) in [7, 11) is 0. The molecule has 0 saturated heterocycles. The van der Waals surface area contributed by atoms with Crippen LogP contribution >= 0.6 is 15.9 Å². The normalized spacial score (nSPS) is 12.9. The molecular formula is C9H9BrF3N. The first-order valence-electron chi connectivity index (χ1n) is 4.05. The van der Waals surface area contributed by atoms with E-state index in [4.69, 9.17) is 5.73 Å². The second-order valence-electron chi connectivity index (χ2n) is 2.83. The third-order valence-electron chi connectivity index (χ3n) is 1.78. The van der Waals surface area contributed by atoms with Crippen molar-refractivity contribution in [2.24, 2.45) is 5.73 Å². The molecule has 2 N–H and O–H groups in total. The Labute approximate surface area is 88.2 Å². The second-order valence-corrected chi connectivity index (χ2v) is 3.74. The van der Waals surface area contributed by atoms with E-state index >= 15 is 0 Å². The van der Waals surface area contributed by atoms with Crippen molar-refractivity contribution in [3.63, 3.8) is 0 Å². The minimum Gasteiger partial charge on any atom is -0.330 e. The number of hydrogen-bond donors (Lipinski definition) is 1. The fraction of sp³-hybridized carbons (Fsp3) is 0.333. The first kappa shape index (κ1) is 11.5. The monoisotopic (exact) mass is 267 g/mol. The van der Waals surface area contributed by atoms with E-state index in [0.717, 1.165) is 12.1 Å². The molecule has 0 fully saturated rings. The SMILES string of the molecule is NCCC(F)c1c(F)cc(Br)cc1F. The summed E-state index contributed by atoms with van der Waals surface area (Å²) < 4.78 is 39.7. The van der Waals surface area contributed by atoms with Crippen LogP contribution in [0.4, 0.5) is 13.2 Å². The smallest absolute Gasteiger partial charge is 0.133 e. The number of benzene rings is 1. The van der Waals surface area contributed by atoms with E-state index < -0.39 is 23.4 Å². The van der Waals surface area contributed by atoms with Crippen molar-refractivity contribution < 1.29 is 13.2 Å². The summed E-state index contributed by atoms with van der Waals surface area (Å²) in [5.41, 5.74) is 4.56. The summed E-state index contributed by atoms with van der Waals surface area (Å²) in [5, 5.41) is 0. The number of rotatable bonds is 3. The molecule has 0 aliphatic rings. The molecule has 0 aliphatic carbocycles. The third-order valence-corrected chi connectivity index (χ3v) is 2.24. The molecule has 0 radical (unpaired) electrons. The van der Waals surface area contributed by atoms with Gasteiger partial charge in [0.2, 0.25) is 0 Å². The molecule has 0 spiro atoms. The lowest BCUT2D eigenvalue weighted by Crippen LogP contribution is -2.07. The van der Waals surface area contributed by atoms with Crippen molar-refractivity contribution in [1.29, 1.82) is 0 Å². The molecule has 0 aliphatic heterocycles. The van der Waals surface area contributed by atoms with Crippen LogP contribution in [0, 0.1) is 11.6 Å². The minimum atomic E-state index is -1.69. The molecule has 5 heteroatoms. The zero-order valence-electron chi connectivity index (χ0n) is 7.24. The van der Waals surface area contributed by atoms with Gasteiger partial charge in [0, 0.05) is 4.47 Å². The highest BCUT2D eigenvalue weighted by Gasteiger charge is 2.19. The Hall–Kier alpha value is -0.550. The van der Waals surface area contributed by atoms with Crippen LogP contribution in [-0.4, -0.2) is 6.54 Å². The average Bonchev–Trinajstić information content (AvgIpc) is 2.01. The Kier molecular flexibility index (Phi) is 3.95. The van der Waals surface area contributed by atoms with Gasteiger partial charge in [-0.05, 0) is 25.1 Å². The van der Waals surface area contributed by atoms with Gasteiger partial charge < -0.3 is 5.73 Å². The van der Waals surface area contributed by atoms with E-state index in [-0.39, 0.29) is 17.4 Å². The predicted molar refractivity (Wildman–Crippen MR) is 51.6 cm³/mol. The molecule has 1 atom stereocenters. The van der Waals surface area contributed by atoms with Gasteiger partial charge in [-0.15, -0.1) is 0 Å². The van der Waals surface area contributed by atoms with Gasteiger partial charge in [-0.1, -0.05) is 15.9 Å². The predicted octanol–water partition coefficient (Wildman–Crippen LogP) is 3.09. The molecule has 0 amide bonds. The summed E-state index contributed by atoms with van der Waals surface area (Å²) in [4.78, 5) is 0. The highest BCUT2D eigenvalue weighted by atomic mass is 79.9. The maximum atomic E-state index is 13.2. The van der Waals surface area contributed by atoms with E-state index in [9.17, 15) is 13.2 Å². The van der Waals surface area contributed by atoms with E-state index in [0.29, 0.717) is 0 Å². The molecule has 14 heavy (non-hydrogen) atoms. The van der Waals surface area contributed by atoms with Gasteiger partial charge in [0.25, 0.3) is 0 Å². The van der Waals surface area contributed by atoms with Crippen LogP contribution in [0.15, 0.2) is 16.6 Å². The Morgan fingerprint density at radius 2 is 1.79 bits per heavy atom. The van der Waals surface area contributed by atoms with Gasteiger partial charge >= 0.3 is 0 Å². The lowest BCUT2D eigenvalue weighted by molar-refractivity contribution is 0.306. The zero-order valence-corrected chi connectivity index (χ0v) is 8.82. The van der Waals surface area contributed by atoms with Crippen LogP contribution in [0.3, 0.4) is 0 Å². The van der Waals surface area contributed by atoms with Crippen LogP contribution in [-0.2, 0) is 0 Å². The maximum Gasteiger partial charge on any atom is 0.133 e. The van der Waals surface area contributed by atoms with Gasteiger partial charge in [-0.25, -0.2) is 13.2 Å². The number of hydrogen-bond acceptors (Lipinski definition) is 1. The van der Waals surface area contributed by atoms with Crippen molar-refractivity contribution in [2.75, 3.05) is 6.54 Å². The maximum absolute atomic E-state index is 13.2. The number of nitrogens with two attached hydrogens (primary N) is 1. The minimum absolute atomic E-state index is 0.0517. The molecule has 1 rings (SSSR count). The molecular weight excluding hydrogens is 259 g/mol. The van der Waals surface area contributed by atoms with Crippen LogP contribution in [0.2, 0.25) is 0 Å². The zero-order chi connectivity index (χ0) is 10.7. The molecule has 1 unspecified atom stereocenters. The average molecular weight is 268 g/mol. The van der Waals surface area contributed by atoms with E-state index in [1.165, 1.54) is 0 Å². The highest BCUT2D eigenvalue weighted by molar-refractivity contribution is 9.10. The van der Waals surface area contributed by atoms with E-state index in [1.54, 1.807) is 0 Å². The molecule has 0 heterocycles. The van der Waals surface area contributed by atoms with Gasteiger partial charge in [0.1, 0.15) is 17.8 Å². The molecule has 78 valence electrons. The third kappa shape index (κ3) is 2.48. The highest BCUT2D eigenvalue weighted by Crippen LogP contribution is 2.28. The molecule has 0 aromatic heterocycles. The number of halogens is 4. The van der Waals surface area contributed by atoms with Gasteiger partial charge in [0.15, 0.2) is 0 Å². The van der Waals surface area contributed by atoms with Crippen LogP contribution in [0.5, 0.6) is 0 Å². The lowest BCUT2D eigenvalue weighted by atomic mass is 10.1. The Balaban J connectivity index is 3.07. The number of alkyl halides is 1. The first-order chi connectivity index (χ1) is 6.56. The van der Waals surface area contributed by atoms with E-state index in [1.807, 2.05) is 0 Å². The fourth-order valence-electron chi connectivity index (χ4n) is 1.14. The summed E-state index contributed by atoms with van der Waals surface area (Å²) in [6.07, 6.45) is -1.77. The van der Waals surface area contributed by atoms with Crippen molar-refractivity contribution in [1.82, 2.24) is 0 Å². The molecule has 1 aromatic rings. The van der Waals surface area contributed by atoms with Gasteiger partial charge in [-0.3, -0.25) is 0 Å². The first-order valence-corrected chi connectivity index (χ1v) is 4.84. The quantitative estimate of drug-likeness (QED) is 0.895. The fourth-order valence-corrected chi connectivity index (χ4v) is 1.55. The Bertz CT molecular complexity index is 307. The molecule has 1 nitrogen and oxygen atoms in total. The van der Waals surface area contributed by atoms with Crippen molar-refractivity contribution in [3.8, 4) is 0 Å². The molecule has 0 saturated carbocycles.